The molecule has 2 fully saturated rings. The van der Waals surface area contributed by atoms with Gasteiger partial charge in [-0.15, -0.1) is 0 Å². The van der Waals surface area contributed by atoms with Gasteiger partial charge in [-0.3, -0.25) is 24.9 Å². The number of nitrogens with zero attached hydrogens (tertiary/aromatic N) is 6. The second kappa shape index (κ2) is 12.1. The van der Waals surface area contributed by atoms with Gasteiger partial charge in [-0.1, -0.05) is 24.3 Å². The van der Waals surface area contributed by atoms with Gasteiger partial charge < -0.3 is 14.5 Å². The number of halogens is 3. The number of hydrazine groups is 1. The van der Waals surface area contributed by atoms with E-state index >= 15 is 0 Å². The molecule has 0 bridgehead atoms. The van der Waals surface area contributed by atoms with Crippen LogP contribution in [-0.4, -0.2) is 83.1 Å². The SMILES string of the molecule is N#Cc1ccc(N2CCN(C(=O)c3cncc(OCC4c5ccccc5CN4C4CNNC(=O)C4C(F)(F)F)c3)CC2)nc1. The summed E-state index contributed by atoms with van der Waals surface area (Å²) in [6.07, 6.45) is -0.281. The summed E-state index contributed by atoms with van der Waals surface area (Å²) in [6, 6.07) is 12.8. The lowest BCUT2D eigenvalue weighted by atomic mass is 9.94. The number of alkyl halides is 3. The second-order valence-electron chi connectivity index (χ2n) is 10.9. The number of benzene rings is 1. The Kier molecular flexibility index (Phi) is 8.07. The predicted octanol–water partition coefficient (Wildman–Crippen LogP) is 2.43. The highest BCUT2D eigenvalue weighted by Gasteiger charge is 2.55. The van der Waals surface area contributed by atoms with E-state index in [2.05, 4.69) is 20.8 Å². The molecular formula is C30H29F3N8O3. The number of nitriles is 1. The zero-order valence-electron chi connectivity index (χ0n) is 23.5. The van der Waals surface area contributed by atoms with Crippen molar-refractivity contribution in [2.24, 2.45) is 5.92 Å². The Balaban J connectivity index is 1.13. The third-order valence-electron chi connectivity index (χ3n) is 8.27. The zero-order chi connectivity index (χ0) is 30.8. The largest absolute Gasteiger partial charge is 0.490 e. The topological polar surface area (TPSA) is 127 Å². The molecule has 6 rings (SSSR count). The number of carbonyl (C=O) groups is 2. The highest BCUT2D eigenvalue weighted by atomic mass is 19.4. The molecule has 0 spiro atoms. The molecule has 2 aromatic heterocycles. The Labute approximate surface area is 251 Å². The molecule has 14 heteroatoms. The number of piperazine rings is 1. The maximum Gasteiger partial charge on any atom is 0.402 e. The van der Waals surface area contributed by atoms with Gasteiger partial charge >= 0.3 is 6.18 Å². The minimum atomic E-state index is -4.72. The van der Waals surface area contributed by atoms with E-state index in [1.807, 2.05) is 35.2 Å². The number of amides is 2. The molecule has 0 saturated carbocycles. The van der Waals surface area contributed by atoms with Gasteiger partial charge in [0, 0.05) is 57.7 Å². The number of aromatic nitrogens is 2. The lowest BCUT2D eigenvalue weighted by molar-refractivity contribution is -0.202. The molecule has 3 unspecified atom stereocenters. The summed E-state index contributed by atoms with van der Waals surface area (Å²) in [4.78, 5) is 39.6. The van der Waals surface area contributed by atoms with Gasteiger partial charge in [-0.2, -0.15) is 18.4 Å². The first-order chi connectivity index (χ1) is 21.2. The molecule has 3 aliphatic rings. The van der Waals surface area contributed by atoms with E-state index in [-0.39, 0.29) is 25.6 Å². The van der Waals surface area contributed by atoms with Crippen LogP contribution >= 0.6 is 0 Å². The molecule has 0 radical (unpaired) electrons. The molecule has 44 heavy (non-hydrogen) atoms. The highest BCUT2D eigenvalue weighted by Crippen LogP contribution is 2.41. The average Bonchev–Trinajstić information content (AvgIpc) is 3.41. The van der Waals surface area contributed by atoms with Gasteiger partial charge in [0.2, 0.25) is 5.91 Å². The summed E-state index contributed by atoms with van der Waals surface area (Å²) in [5, 5.41) is 8.98. The van der Waals surface area contributed by atoms with Crippen molar-refractivity contribution in [1.29, 1.82) is 5.26 Å². The van der Waals surface area contributed by atoms with Crippen LogP contribution in [0.4, 0.5) is 19.0 Å². The quantitative estimate of drug-likeness (QED) is 0.435. The average molecular weight is 607 g/mol. The van der Waals surface area contributed by atoms with Crippen LogP contribution in [0.2, 0.25) is 0 Å². The van der Waals surface area contributed by atoms with Crippen LogP contribution in [0, 0.1) is 17.2 Å². The fourth-order valence-corrected chi connectivity index (χ4v) is 6.06. The van der Waals surface area contributed by atoms with Crippen molar-refractivity contribution in [2.75, 3.05) is 44.2 Å². The fourth-order valence-electron chi connectivity index (χ4n) is 6.06. The van der Waals surface area contributed by atoms with E-state index < -0.39 is 30.1 Å². The van der Waals surface area contributed by atoms with E-state index in [9.17, 15) is 22.8 Å². The summed E-state index contributed by atoms with van der Waals surface area (Å²) < 4.78 is 48.1. The fraction of sp³-hybridized carbons (Fsp3) is 0.367. The Bertz CT molecular complexity index is 1570. The molecule has 3 atom stereocenters. The molecule has 2 amide bonds. The standard InChI is InChI=1S/C30H29F3N8O3/c31-30(32,33)27-24(16-37-38-28(27)42)41-17-20-3-1-2-4-23(20)25(41)18-44-22-11-21(14-35-15-22)29(43)40-9-7-39(8-10-40)26-6-5-19(12-34)13-36-26/h1-6,11,13-15,24-25,27,37H,7-10,16-18H2,(H,38,42). The van der Waals surface area contributed by atoms with E-state index in [0.717, 1.165) is 16.9 Å². The van der Waals surface area contributed by atoms with Gasteiger partial charge in [0.15, 0.2) is 5.92 Å². The normalized spacial score (nSPS) is 22.2. The molecule has 228 valence electrons. The molecule has 2 N–H and O–H groups in total. The van der Waals surface area contributed by atoms with Crippen molar-refractivity contribution in [1.82, 2.24) is 30.6 Å². The van der Waals surface area contributed by atoms with Crippen LogP contribution < -0.4 is 20.5 Å². The van der Waals surface area contributed by atoms with Crippen molar-refractivity contribution in [3.8, 4) is 11.8 Å². The number of rotatable bonds is 6. The number of nitrogens with one attached hydrogen (secondary N) is 2. The number of hydrogen-bond acceptors (Lipinski definition) is 9. The Morgan fingerprint density at radius 2 is 1.89 bits per heavy atom. The number of hydrogen-bond donors (Lipinski definition) is 2. The molecule has 5 heterocycles. The minimum absolute atomic E-state index is 0.00466. The van der Waals surface area contributed by atoms with Crippen molar-refractivity contribution in [3.63, 3.8) is 0 Å². The number of fused-ring (bicyclic) bond motifs is 1. The highest BCUT2D eigenvalue weighted by molar-refractivity contribution is 5.94. The maximum absolute atomic E-state index is 14.0. The minimum Gasteiger partial charge on any atom is -0.490 e. The van der Waals surface area contributed by atoms with Crippen LogP contribution in [0.15, 0.2) is 61.1 Å². The van der Waals surface area contributed by atoms with Crippen LogP contribution in [0.5, 0.6) is 5.75 Å². The molecule has 2 saturated heterocycles. The third-order valence-corrected chi connectivity index (χ3v) is 8.27. The molecule has 1 aromatic carbocycles. The van der Waals surface area contributed by atoms with Gasteiger partial charge in [-0.05, 0) is 29.3 Å². The lowest BCUT2D eigenvalue weighted by Crippen LogP contribution is -2.64. The third kappa shape index (κ3) is 5.88. The summed E-state index contributed by atoms with van der Waals surface area (Å²) in [5.74, 6) is -2.48. The van der Waals surface area contributed by atoms with Crippen molar-refractivity contribution in [3.05, 3.63) is 83.3 Å². The molecule has 3 aliphatic heterocycles. The van der Waals surface area contributed by atoms with Gasteiger partial charge in [0.25, 0.3) is 5.91 Å². The maximum atomic E-state index is 14.0. The van der Waals surface area contributed by atoms with Gasteiger partial charge in [-0.25, -0.2) is 10.4 Å². The number of pyridine rings is 2. The van der Waals surface area contributed by atoms with Crippen molar-refractivity contribution >= 4 is 17.6 Å². The summed E-state index contributed by atoms with van der Waals surface area (Å²) in [6.45, 7) is 2.20. The van der Waals surface area contributed by atoms with E-state index in [0.29, 0.717) is 43.1 Å². The number of anilines is 1. The van der Waals surface area contributed by atoms with Crippen molar-refractivity contribution < 1.29 is 27.5 Å². The van der Waals surface area contributed by atoms with Crippen LogP contribution in [0.3, 0.4) is 0 Å². The van der Waals surface area contributed by atoms with Gasteiger partial charge in [0.1, 0.15) is 24.2 Å². The summed E-state index contributed by atoms with van der Waals surface area (Å²) >= 11 is 0. The number of carbonyl (C=O) groups excluding carboxylic acids is 2. The molecular weight excluding hydrogens is 577 g/mol. The summed E-state index contributed by atoms with van der Waals surface area (Å²) in [7, 11) is 0. The van der Waals surface area contributed by atoms with Crippen LogP contribution in [0.25, 0.3) is 0 Å². The van der Waals surface area contributed by atoms with Crippen LogP contribution in [0.1, 0.15) is 33.1 Å². The monoisotopic (exact) mass is 606 g/mol. The van der Waals surface area contributed by atoms with E-state index in [1.54, 1.807) is 28.0 Å². The summed E-state index contributed by atoms with van der Waals surface area (Å²) in [5.41, 5.74) is 7.22. The van der Waals surface area contributed by atoms with E-state index in [1.165, 1.54) is 18.6 Å². The molecule has 11 nitrogen and oxygen atoms in total. The lowest BCUT2D eigenvalue weighted by Gasteiger charge is -2.40. The predicted molar refractivity (Wildman–Crippen MR) is 151 cm³/mol. The Morgan fingerprint density at radius 1 is 1.09 bits per heavy atom. The molecule has 3 aromatic rings. The first-order valence-corrected chi connectivity index (χ1v) is 14.1. The van der Waals surface area contributed by atoms with Crippen LogP contribution in [-0.2, 0) is 11.3 Å². The molecule has 0 aliphatic carbocycles. The first-order valence-electron chi connectivity index (χ1n) is 14.1. The van der Waals surface area contributed by atoms with Crippen molar-refractivity contribution in [2.45, 2.75) is 24.8 Å². The van der Waals surface area contributed by atoms with Gasteiger partial charge in [0.05, 0.1) is 23.4 Å². The zero-order valence-corrected chi connectivity index (χ0v) is 23.5. The Morgan fingerprint density at radius 3 is 2.61 bits per heavy atom. The first kappa shape index (κ1) is 29.3. The van der Waals surface area contributed by atoms with E-state index in [4.69, 9.17) is 10.00 Å². The second-order valence-corrected chi connectivity index (χ2v) is 10.9. The Hall–Kier alpha value is -4.74. The number of ether oxygens (including phenoxy) is 1. The smallest absolute Gasteiger partial charge is 0.402 e.